The third-order valence-corrected chi connectivity index (χ3v) is 6.47. The summed E-state index contributed by atoms with van der Waals surface area (Å²) >= 11 is 0. The number of carbonyl (C=O) groups is 2. The fourth-order valence-electron chi connectivity index (χ4n) is 4.60. The van der Waals surface area contributed by atoms with Crippen LogP contribution in [0.3, 0.4) is 0 Å². The number of hydrogen-bond donors (Lipinski definition) is 4. The molecule has 1 amide bonds. The van der Waals surface area contributed by atoms with E-state index in [0.29, 0.717) is 11.8 Å². The number of amides is 1. The van der Waals surface area contributed by atoms with Crippen molar-refractivity contribution in [2.45, 2.75) is 64.2 Å². The molecular formula is C19H35N5O3. The van der Waals surface area contributed by atoms with Crippen LogP contribution in [0, 0.1) is 17.8 Å². The molecule has 0 radical (unpaired) electrons. The van der Waals surface area contributed by atoms with Gasteiger partial charge in [-0.3, -0.25) is 14.5 Å². The van der Waals surface area contributed by atoms with E-state index in [1.54, 1.807) is 0 Å². The highest BCUT2D eigenvalue weighted by Gasteiger charge is 2.39. The van der Waals surface area contributed by atoms with Crippen LogP contribution in [0.1, 0.15) is 46.0 Å². The molecule has 154 valence electrons. The van der Waals surface area contributed by atoms with Crippen molar-refractivity contribution in [2.24, 2.45) is 17.8 Å². The van der Waals surface area contributed by atoms with E-state index in [1.165, 1.54) is 7.11 Å². The van der Waals surface area contributed by atoms with Gasteiger partial charge in [0.1, 0.15) is 6.04 Å². The summed E-state index contributed by atoms with van der Waals surface area (Å²) in [6.45, 7) is 7.31. The first-order valence-electron chi connectivity index (χ1n) is 10.3. The van der Waals surface area contributed by atoms with Gasteiger partial charge in [0.15, 0.2) is 0 Å². The van der Waals surface area contributed by atoms with Gasteiger partial charge < -0.3 is 15.4 Å². The maximum atomic E-state index is 12.8. The molecule has 5 atom stereocenters. The second-order valence-electron chi connectivity index (χ2n) is 8.47. The highest BCUT2D eigenvalue weighted by atomic mass is 16.5. The first-order chi connectivity index (χ1) is 13.0. The summed E-state index contributed by atoms with van der Waals surface area (Å²) in [5.74, 6) is 0.561. The van der Waals surface area contributed by atoms with Crippen molar-refractivity contribution >= 4 is 11.9 Å². The Morgan fingerprint density at radius 3 is 2.56 bits per heavy atom. The lowest BCUT2D eigenvalue weighted by molar-refractivity contribution is -0.149. The van der Waals surface area contributed by atoms with Gasteiger partial charge in [-0.1, -0.05) is 13.8 Å². The standard InChI is InChI=1S/C19H35N5O3/c1-12(2)13-4-5-15(14(10-13)19(26)27-3)21-18(25)16-6-7-17(23-22-16)24-9-8-20-11-24/h12-17,20,22-23H,4-11H2,1-3H3,(H,21,25). The van der Waals surface area contributed by atoms with Gasteiger partial charge in [0.2, 0.25) is 5.91 Å². The maximum absolute atomic E-state index is 12.8. The number of methoxy groups -OCH3 is 1. The Balaban J connectivity index is 1.52. The van der Waals surface area contributed by atoms with Gasteiger partial charge in [-0.2, -0.15) is 0 Å². The first kappa shape index (κ1) is 20.5. The molecule has 4 N–H and O–H groups in total. The van der Waals surface area contributed by atoms with Gasteiger partial charge in [-0.25, -0.2) is 10.9 Å². The zero-order valence-corrected chi connectivity index (χ0v) is 16.8. The average Bonchev–Trinajstić information content (AvgIpc) is 3.22. The molecule has 2 saturated heterocycles. The van der Waals surface area contributed by atoms with E-state index in [9.17, 15) is 9.59 Å². The maximum Gasteiger partial charge on any atom is 0.310 e. The van der Waals surface area contributed by atoms with Crippen molar-refractivity contribution < 1.29 is 14.3 Å². The number of nitrogens with one attached hydrogen (secondary N) is 4. The second-order valence-corrected chi connectivity index (χ2v) is 8.47. The van der Waals surface area contributed by atoms with Crippen LogP contribution >= 0.6 is 0 Å². The molecule has 2 heterocycles. The van der Waals surface area contributed by atoms with E-state index < -0.39 is 0 Å². The summed E-state index contributed by atoms with van der Waals surface area (Å²) in [7, 11) is 1.43. The van der Waals surface area contributed by atoms with Gasteiger partial charge >= 0.3 is 5.97 Å². The largest absolute Gasteiger partial charge is 0.469 e. The van der Waals surface area contributed by atoms with E-state index in [4.69, 9.17) is 4.74 Å². The molecular weight excluding hydrogens is 346 g/mol. The SMILES string of the molecule is COC(=O)C1CC(C(C)C)CCC1NC(=O)C1CCC(N2CCNC2)NN1. The number of nitrogens with zero attached hydrogens (tertiary/aromatic N) is 1. The van der Waals surface area contributed by atoms with Crippen LogP contribution in [0.5, 0.6) is 0 Å². The minimum Gasteiger partial charge on any atom is -0.469 e. The summed E-state index contributed by atoms with van der Waals surface area (Å²) < 4.78 is 5.02. The molecule has 0 spiro atoms. The molecule has 0 aromatic rings. The van der Waals surface area contributed by atoms with Crippen molar-refractivity contribution in [2.75, 3.05) is 26.9 Å². The topological polar surface area (TPSA) is 94.7 Å². The molecule has 0 bridgehead atoms. The third kappa shape index (κ3) is 4.99. The fourth-order valence-corrected chi connectivity index (χ4v) is 4.60. The predicted octanol–water partition coefficient (Wildman–Crippen LogP) is 0.162. The minimum absolute atomic E-state index is 0.0256. The van der Waals surface area contributed by atoms with E-state index in [0.717, 1.165) is 51.9 Å². The molecule has 1 saturated carbocycles. The average molecular weight is 382 g/mol. The summed E-state index contributed by atoms with van der Waals surface area (Å²) in [5, 5.41) is 6.45. The summed E-state index contributed by atoms with van der Waals surface area (Å²) in [5.41, 5.74) is 6.45. The summed E-state index contributed by atoms with van der Waals surface area (Å²) in [4.78, 5) is 27.4. The highest BCUT2D eigenvalue weighted by Crippen LogP contribution is 2.34. The Morgan fingerprint density at radius 1 is 1.15 bits per heavy atom. The number of rotatable bonds is 5. The van der Waals surface area contributed by atoms with Crippen LogP contribution in [-0.2, 0) is 14.3 Å². The van der Waals surface area contributed by atoms with Crippen LogP contribution in [0.25, 0.3) is 0 Å². The zero-order chi connectivity index (χ0) is 19.4. The van der Waals surface area contributed by atoms with E-state index in [-0.39, 0.29) is 36.0 Å². The Kier molecular flexibility index (Phi) is 7.08. The fraction of sp³-hybridized carbons (Fsp3) is 0.895. The summed E-state index contributed by atoms with van der Waals surface area (Å²) in [6, 6.07) is -0.403. The lowest BCUT2D eigenvalue weighted by Gasteiger charge is -2.39. The quantitative estimate of drug-likeness (QED) is 0.504. The molecule has 3 rings (SSSR count). The molecule has 5 unspecified atom stereocenters. The number of hydrogen-bond acceptors (Lipinski definition) is 7. The van der Waals surface area contributed by atoms with Gasteiger partial charge in [0.05, 0.1) is 19.2 Å². The van der Waals surface area contributed by atoms with E-state index in [1.807, 2.05) is 0 Å². The van der Waals surface area contributed by atoms with Crippen molar-refractivity contribution in [3.8, 4) is 0 Å². The van der Waals surface area contributed by atoms with Crippen molar-refractivity contribution in [3.63, 3.8) is 0 Å². The Bertz CT molecular complexity index is 515. The Labute approximate surface area is 162 Å². The lowest BCUT2D eigenvalue weighted by Crippen LogP contribution is -2.62. The minimum atomic E-state index is -0.266. The molecule has 0 aromatic carbocycles. The van der Waals surface area contributed by atoms with Gasteiger partial charge in [-0.05, 0) is 43.9 Å². The number of ether oxygens (including phenoxy) is 1. The molecule has 1 aliphatic carbocycles. The van der Waals surface area contributed by atoms with E-state index >= 15 is 0 Å². The normalized spacial score (nSPS) is 35.2. The van der Waals surface area contributed by atoms with Gasteiger partial charge in [0.25, 0.3) is 0 Å². The Hall–Kier alpha value is -1.22. The molecule has 8 heteroatoms. The van der Waals surface area contributed by atoms with Crippen LogP contribution in [0.4, 0.5) is 0 Å². The summed E-state index contributed by atoms with van der Waals surface area (Å²) in [6.07, 6.45) is 4.62. The van der Waals surface area contributed by atoms with Crippen molar-refractivity contribution in [1.82, 2.24) is 26.4 Å². The van der Waals surface area contributed by atoms with Crippen LogP contribution in [0.2, 0.25) is 0 Å². The number of carbonyl (C=O) groups excluding carboxylic acids is 2. The highest BCUT2D eigenvalue weighted by molar-refractivity contribution is 5.83. The van der Waals surface area contributed by atoms with Crippen LogP contribution in [-0.4, -0.2) is 61.9 Å². The molecule has 3 fully saturated rings. The zero-order valence-electron chi connectivity index (χ0n) is 16.8. The Morgan fingerprint density at radius 2 is 1.96 bits per heavy atom. The predicted molar refractivity (Wildman–Crippen MR) is 102 cm³/mol. The van der Waals surface area contributed by atoms with Crippen molar-refractivity contribution in [1.29, 1.82) is 0 Å². The number of esters is 1. The van der Waals surface area contributed by atoms with Crippen molar-refractivity contribution in [3.05, 3.63) is 0 Å². The molecule has 27 heavy (non-hydrogen) atoms. The smallest absolute Gasteiger partial charge is 0.310 e. The first-order valence-corrected chi connectivity index (χ1v) is 10.3. The van der Waals surface area contributed by atoms with Crippen LogP contribution < -0.4 is 21.5 Å². The monoisotopic (exact) mass is 381 g/mol. The molecule has 0 aromatic heterocycles. The second kappa shape index (κ2) is 9.32. The molecule has 8 nitrogen and oxygen atoms in total. The number of hydrazine groups is 1. The third-order valence-electron chi connectivity index (χ3n) is 6.47. The molecule has 3 aliphatic rings. The van der Waals surface area contributed by atoms with Crippen LogP contribution in [0.15, 0.2) is 0 Å². The van der Waals surface area contributed by atoms with E-state index in [2.05, 4.69) is 40.2 Å². The van der Waals surface area contributed by atoms with Gasteiger partial charge in [-0.15, -0.1) is 0 Å². The molecule has 2 aliphatic heterocycles. The lowest BCUT2D eigenvalue weighted by atomic mass is 9.73. The van der Waals surface area contributed by atoms with Gasteiger partial charge in [0, 0.05) is 25.8 Å².